The van der Waals surface area contributed by atoms with E-state index in [2.05, 4.69) is 40.7 Å². The van der Waals surface area contributed by atoms with Crippen molar-refractivity contribution in [2.24, 2.45) is 0 Å². The summed E-state index contributed by atoms with van der Waals surface area (Å²) in [5, 5.41) is 5.91. The van der Waals surface area contributed by atoms with Gasteiger partial charge in [-0.3, -0.25) is 4.90 Å². The van der Waals surface area contributed by atoms with Crippen molar-refractivity contribution in [2.75, 3.05) is 13.1 Å². The van der Waals surface area contributed by atoms with Crippen molar-refractivity contribution in [3.05, 3.63) is 35.4 Å². The van der Waals surface area contributed by atoms with E-state index in [4.69, 9.17) is 0 Å². The van der Waals surface area contributed by atoms with Crippen LogP contribution in [0.4, 0.5) is 4.79 Å². The molecule has 1 saturated heterocycles. The SMILES string of the molecule is CCC(C)NC(=O)NCc1ccccc1CN1CCCCC1. The molecule has 2 amide bonds. The zero-order valence-corrected chi connectivity index (χ0v) is 13.9. The van der Waals surface area contributed by atoms with Gasteiger partial charge >= 0.3 is 6.03 Å². The maximum absolute atomic E-state index is 11.9. The van der Waals surface area contributed by atoms with Gasteiger partial charge in [-0.15, -0.1) is 0 Å². The van der Waals surface area contributed by atoms with Crippen molar-refractivity contribution in [3.63, 3.8) is 0 Å². The van der Waals surface area contributed by atoms with Crippen LogP contribution in [0.15, 0.2) is 24.3 Å². The molecule has 0 aromatic heterocycles. The lowest BCUT2D eigenvalue weighted by molar-refractivity contribution is 0.220. The van der Waals surface area contributed by atoms with Crippen molar-refractivity contribution >= 4 is 6.03 Å². The summed E-state index contributed by atoms with van der Waals surface area (Å²) >= 11 is 0. The third-order valence-electron chi connectivity index (χ3n) is 4.39. The van der Waals surface area contributed by atoms with E-state index in [1.165, 1.54) is 43.5 Å². The van der Waals surface area contributed by atoms with E-state index >= 15 is 0 Å². The van der Waals surface area contributed by atoms with E-state index < -0.39 is 0 Å². The van der Waals surface area contributed by atoms with Gasteiger partial charge in [-0.05, 0) is 50.4 Å². The molecule has 22 heavy (non-hydrogen) atoms. The van der Waals surface area contributed by atoms with Gasteiger partial charge in [0.25, 0.3) is 0 Å². The summed E-state index contributed by atoms with van der Waals surface area (Å²) in [5.41, 5.74) is 2.54. The van der Waals surface area contributed by atoms with Crippen LogP contribution in [-0.4, -0.2) is 30.1 Å². The first-order chi connectivity index (χ1) is 10.7. The molecule has 1 fully saturated rings. The Morgan fingerprint density at radius 1 is 1.18 bits per heavy atom. The van der Waals surface area contributed by atoms with Crippen molar-refractivity contribution < 1.29 is 4.79 Å². The first kappa shape index (κ1) is 16.8. The molecule has 4 heteroatoms. The number of amides is 2. The molecule has 0 spiro atoms. The van der Waals surface area contributed by atoms with Gasteiger partial charge in [0.1, 0.15) is 0 Å². The molecule has 2 rings (SSSR count). The summed E-state index contributed by atoms with van der Waals surface area (Å²) in [5.74, 6) is 0. The van der Waals surface area contributed by atoms with Crippen LogP contribution in [0, 0.1) is 0 Å². The molecule has 0 saturated carbocycles. The predicted octanol–water partition coefficient (Wildman–Crippen LogP) is 3.27. The van der Waals surface area contributed by atoms with Gasteiger partial charge in [0.15, 0.2) is 0 Å². The minimum absolute atomic E-state index is 0.0814. The first-order valence-corrected chi connectivity index (χ1v) is 8.52. The number of hydrogen-bond acceptors (Lipinski definition) is 2. The number of nitrogens with one attached hydrogen (secondary N) is 2. The molecule has 4 nitrogen and oxygen atoms in total. The third kappa shape index (κ3) is 5.34. The maximum atomic E-state index is 11.9. The molecule has 122 valence electrons. The lowest BCUT2D eigenvalue weighted by Gasteiger charge is -2.27. The Balaban J connectivity index is 1.89. The van der Waals surface area contributed by atoms with Crippen LogP contribution in [0.2, 0.25) is 0 Å². The molecular weight excluding hydrogens is 274 g/mol. The van der Waals surface area contributed by atoms with Crippen LogP contribution in [-0.2, 0) is 13.1 Å². The molecule has 2 N–H and O–H groups in total. The highest BCUT2D eigenvalue weighted by Gasteiger charge is 2.13. The van der Waals surface area contributed by atoms with E-state index in [1.807, 2.05) is 13.0 Å². The number of benzene rings is 1. The average molecular weight is 303 g/mol. The molecule has 1 aliphatic rings. The molecule has 1 unspecified atom stereocenters. The van der Waals surface area contributed by atoms with Gasteiger partial charge in [-0.1, -0.05) is 37.6 Å². The van der Waals surface area contributed by atoms with Crippen LogP contribution in [0.1, 0.15) is 50.7 Å². The molecule has 1 atom stereocenters. The number of urea groups is 1. The lowest BCUT2D eigenvalue weighted by Crippen LogP contribution is -2.40. The Kier molecular flexibility index (Phi) is 6.72. The summed E-state index contributed by atoms with van der Waals surface area (Å²) < 4.78 is 0. The van der Waals surface area contributed by atoms with Gasteiger partial charge in [0, 0.05) is 19.1 Å². The third-order valence-corrected chi connectivity index (χ3v) is 4.39. The van der Waals surface area contributed by atoms with Gasteiger partial charge in [-0.2, -0.15) is 0 Å². The lowest BCUT2D eigenvalue weighted by atomic mass is 10.0. The van der Waals surface area contributed by atoms with E-state index in [9.17, 15) is 4.79 Å². The fourth-order valence-corrected chi connectivity index (χ4v) is 2.80. The molecule has 0 radical (unpaired) electrons. The minimum Gasteiger partial charge on any atom is -0.336 e. The highest BCUT2D eigenvalue weighted by molar-refractivity contribution is 5.74. The Labute approximate surface area is 134 Å². The second kappa shape index (κ2) is 8.79. The van der Waals surface area contributed by atoms with Crippen molar-refractivity contribution in [3.8, 4) is 0 Å². The number of carbonyl (C=O) groups is 1. The highest BCUT2D eigenvalue weighted by Crippen LogP contribution is 2.16. The number of nitrogens with zero attached hydrogens (tertiary/aromatic N) is 1. The van der Waals surface area contributed by atoms with E-state index in [0.717, 1.165) is 13.0 Å². The van der Waals surface area contributed by atoms with Gasteiger partial charge in [-0.25, -0.2) is 4.79 Å². The Hall–Kier alpha value is -1.55. The number of rotatable bonds is 6. The fraction of sp³-hybridized carbons (Fsp3) is 0.611. The van der Waals surface area contributed by atoms with Gasteiger partial charge in [0.2, 0.25) is 0 Å². The fourth-order valence-electron chi connectivity index (χ4n) is 2.80. The Bertz CT molecular complexity index is 469. The predicted molar refractivity (Wildman–Crippen MR) is 90.7 cm³/mol. The Morgan fingerprint density at radius 2 is 1.86 bits per heavy atom. The highest BCUT2D eigenvalue weighted by atomic mass is 16.2. The summed E-state index contributed by atoms with van der Waals surface area (Å²) in [4.78, 5) is 14.4. The quantitative estimate of drug-likeness (QED) is 0.847. The van der Waals surface area contributed by atoms with Gasteiger partial charge in [0.05, 0.1) is 0 Å². The van der Waals surface area contributed by atoms with E-state index in [1.54, 1.807) is 0 Å². The topological polar surface area (TPSA) is 44.4 Å². The average Bonchev–Trinajstić information content (AvgIpc) is 2.55. The summed E-state index contributed by atoms with van der Waals surface area (Å²) in [7, 11) is 0. The largest absolute Gasteiger partial charge is 0.336 e. The number of likely N-dealkylation sites (tertiary alicyclic amines) is 1. The van der Waals surface area contributed by atoms with E-state index in [0.29, 0.717) is 6.54 Å². The van der Waals surface area contributed by atoms with Crippen molar-refractivity contribution in [2.45, 2.75) is 58.7 Å². The second-order valence-corrected chi connectivity index (χ2v) is 6.24. The minimum atomic E-state index is -0.0814. The maximum Gasteiger partial charge on any atom is 0.315 e. The van der Waals surface area contributed by atoms with Gasteiger partial charge < -0.3 is 10.6 Å². The monoisotopic (exact) mass is 303 g/mol. The van der Waals surface area contributed by atoms with Crippen molar-refractivity contribution in [1.29, 1.82) is 0 Å². The molecule has 1 aromatic carbocycles. The molecule has 1 heterocycles. The zero-order chi connectivity index (χ0) is 15.8. The number of piperidine rings is 1. The second-order valence-electron chi connectivity index (χ2n) is 6.24. The number of carbonyl (C=O) groups excluding carboxylic acids is 1. The zero-order valence-electron chi connectivity index (χ0n) is 13.9. The van der Waals surface area contributed by atoms with E-state index in [-0.39, 0.29) is 12.1 Å². The Morgan fingerprint density at radius 3 is 2.55 bits per heavy atom. The molecule has 1 aromatic rings. The van der Waals surface area contributed by atoms with Crippen molar-refractivity contribution in [1.82, 2.24) is 15.5 Å². The van der Waals surface area contributed by atoms with Crippen LogP contribution in [0.25, 0.3) is 0 Å². The van der Waals surface area contributed by atoms with Crippen LogP contribution in [0.5, 0.6) is 0 Å². The van der Waals surface area contributed by atoms with Crippen LogP contribution < -0.4 is 10.6 Å². The summed E-state index contributed by atoms with van der Waals surface area (Å²) in [6.07, 6.45) is 4.91. The standard InChI is InChI=1S/C18H29N3O/c1-3-15(2)20-18(22)19-13-16-9-5-6-10-17(16)14-21-11-7-4-8-12-21/h5-6,9-10,15H,3-4,7-8,11-14H2,1-2H3,(H2,19,20,22). The van der Waals surface area contributed by atoms with Crippen LogP contribution in [0.3, 0.4) is 0 Å². The normalized spacial score (nSPS) is 17.0. The summed E-state index contributed by atoms with van der Waals surface area (Å²) in [6, 6.07) is 8.55. The molecule has 1 aliphatic heterocycles. The molecular formula is C18H29N3O. The summed E-state index contributed by atoms with van der Waals surface area (Å²) in [6.45, 7) is 8.05. The smallest absolute Gasteiger partial charge is 0.315 e. The number of hydrogen-bond donors (Lipinski definition) is 2. The first-order valence-electron chi connectivity index (χ1n) is 8.52. The van der Waals surface area contributed by atoms with Crippen LogP contribution >= 0.6 is 0 Å². The molecule has 0 aliphatic carbocycles. The molecule has 0 bridgehead atoms.